The number of nitrogens with zero attached hydrogens (tertiary/aromatic N) is 5. The fourth-order valence-electron chi connectivity index (χ4n) is 3.80. The average Bonchev–Trinajstić information content (AvgIpc) is 3.05. The van der Waals surface area contributed by atoms with Crippen molar-refractivity contribution >= 4 is 40.1 Å². The standard InChI is InChI=1S/C22H19N5OS/c1-26-21-17(12-25-26)22(24-14-23-21)29-13-20(28)27-18-8-4-2-6-15(18)10-11-16-7-3-5-9-19(16)27/h2-9,12,14H,10-11,13H2,1H3. The Morgan fingerprint density at radius 3 is 2.34 bits per heavy atom. The van der Waals surface area contributed by atoms with E-state index in [4.69, 9.17) is 0 Å². The lowest BCUT2D eigenvalue weighted by Crippen LogP contribution is -2.28. The molecule has 5 rings (SSSR count). The Balaban J connectivity index is 1.49. The molecule has 6 nitrogen and oxygen atoms in total. The van der Waals surface area contributed by atoms with Gasteiger partial charge >= 0.3 is 0 Å². The summed E-state index contributed by atoms with van der Waals surface area (Å²) in [6.07, 6.45) is 5.12. The summed E-state index contributed by atoms with van der Waals surface area (Å²) in [6.45, 7) is 0. The molecule has 2 aromatic carbocycles. The van der Waals surface area contributed by atoms with Gasteiger partial charge in [-0.1, -0.05) is 48.2 Å². The third kappa shape index (κ3) is 3.17. The zero-order valence-electron chi connectivity index (χ0n) is 15.9. The smallest absolute Gasteiger partial charge is 0.241 e. The molecule has 0 saturated carbocycles. The number of carbonyl (C=O) groups is 1. The van der Waals surface area contributed by atoms with Gasteiger partial charge in [-0.2, -0.15) is 5.10 Å². The van der Waals surface area contributed by atoms with Crippen LogP contribution in [0.1, 0.15) is 11.1 Å². The van der Waals surface area contributed by atoms with Crippen LogP contribution in [-0.2, 0) is 24.7 Å². The van der Waals surface area contributed by atoms with E-state index >= 15 is 0 Å². The van der Waals surface area contributed by atoms with Crippen LogP contribution < -0.4 is 4.90 Å². The first-order valence-corrected chi connectivity index (χ1v) is 10.5. The molecular weight excluding hydrogens is 382 g/mol. The number of fused-ring (bicyclic) bond motifs is 3. The van der Waals surface area contributed by atoms with E-state index in [0.717, 1.165) is 40.3 Å². The summed E-state index contributed by atoms with van der Waals surface area (Å²) in [5.41, 5.74) is 5.09. The molecule has 0 unspecified atom stereocenters. The number of anilines is 2. The van der Waals surface area contributed by atoms with Gasteiger partial charge in [-0.25, -0.2) is 9.97 Å². The summed E-state index contributed by atoms with van der Waals surface area (Å²) >= 11 is 1.43. The van der Waals surface area contributed by atoms with Gasteiger partial charge in [0.1, 0.15) is 11.4 Å². The molecule has 0 N–H and O–H groups in total. The fraction of sp³-hybridized carbons (Fsp3) is 0.182. The average molecular weight is 401 g/mol. The maximum absolute atomic E-state index is 13.4. The highest BCUT2D eigenvalue weighted by Gasteiger charge is 2.25. The molecule has 29 heavy (non-hydrogen) atoms. The van der Waals surface area contributed by atoms with E-state index in [9.17, 15) is 4.79 Å². The minimum Gasteiger partial charge on any atom is -0.280 e. The maximum atomic E-state index is 13.4. The Bertz CT molecular complexity index is 1170. The van der Waals surface area contributed by atoms with Crippen molar-refractivity contribution in [1.82, 2.24) is 19.7 Å². The molecule has 0 radical (unpaired) electrons. The van der Waals surface area contributed by atoms with Crippen LogP contribution in [0.3, 0.4) is 0 Å². The van der Waals surface area contributed by atoms with Gasteiger partial charge in [-0.3, -0.25) is 14.4 Å². The predicted molar refractivity (Wildman–Crippen MR) is 114 cm³/mol. The topological polar surface area (TPSA) is 63.9 Å². The van der Waals surface area contributed by atoms with E-state index in [2.05, 4.69) is 27.2 Å². The second-order valence-corrected chi connectivity index (χ2v) is 7.92. The Morgan fingerprint density at radius 2 is 1.66 bits per heavy atom. The number of para-hydroxylation sites is 2. The van der Waals surface area contributed by atoms with Crippen LogP contribution in [0.4, 0.5) is 11.4 Å². The van der Waals surface area contributed by atoms with Gasteiger partial charge in [0.05, 0.1) is 28.7 Å². The fourth-order valence-corrected chi connectivity index (χ4v) is 4.61. The summed E-state index contributed by atoms with van der Waals surface area (Å²) < 4.78 is 1.71. The van der Waals surface area contributed by atoms with Crippen molar-refractivity contribution in [2.45, 2.75) is 17.9 Å². The van der Waals surface area contributed by atoms with Crippen LogP contribution >= 0.6 is 11.8 Å². The first-order chi connectivity index (χ1) is 14.2. The van der Waals surface area contributed by atoms with Crippen molar-refractivity contribution in [1.29, 1.82) is 0 Å². The van der Waals surface area contributed by atoms with Crippen molar-refractivity contribution in [3.8, 4) is 0 Å². The highest BCUT2D eigenvalue weighted by Crippen LogP contribution is 2.37. The lowest BCUT2D eigenvalue weighted by atomic mass is 10.0. The monoisotopic (exact) mass is 401 g/mol. The van der Waals surface area contributed by atoms with Crippen molar-refractivity contribution in [3.05, 3.63) is 72.2 Å². The third-order valence-electron chi connectivity index (χ3n) is 5.20. The molecule has 0 bridgehead atoms. The van der Waals surface area contributed by atoms with Crippen LogP contribution in [0.2, 0.25) is 0 Å². The van der Waals surface area contributed by atoms with Crippen LogP contribution in [-0.4, -0.2) is 31.4 Å². The summed E-state index contributed by atoms with van der Waals surface area (Å²) in [6, 6.07) is 16.3. The molecule has 7 heteroatoms. The minimum atomic E-state index is 0.0347. The summed E-state index contributed by atoms with van der Waals surface area (Å²) in [7, 11) is 1.85. The zero-order chi connectivity index (χ0) is 19.8. The Labute approximate surface area is 172 Å². The van der Waals surface area contributed by atoms with Gasteiger partial charge < -0.3 is 0 Å². The number of rotatable bonds is 3. The van der Waals surface area contributed by atoms with E-state index in [0.29, 0.717) is 0 Å². The first kappa shape index (κ1) is 17.9. The number of aromatic nitrogens is 4. The molecule has 1 aliphatic rings. The molecule has 0 fully saturated rings. The highest BCUT2D eigenvalue weighted by atomic mass is 32.2. The van der Waals surface area contributed by atoms with Gasteiger partial charge in [-0.15, -0.1) is 0 Å². The zero-order valence-corrected chi connectivity index (χ0v) is 16.8. The van der Waals surface area contributed by atoms with Crippen molar-refractivity contribution in [3.63, 3.8) is 0 Å². The number of hydrogen-bond donors (Lipinski definition) is 0. The number of hydrogen-bond acceptors (Lipinski definition) is 5. The van der Waals surface area contributed by atoms with E-state index in [1.165, 1.54) is 29.2 Å². The molecule has 2 aromatic heterocycles. The number of thioether (sulfide) groups is 1. The van der Waals surface area contributed by atoms with Crippen LogP contribution in [0, 0.1) is 0 Å². The van der Waals surface area contributed by atoms with Gasteiger partial charge in [0.25, 0.3) is 0 Å². The third-order valence-corrected chi connectivity index (χ3v) is 6.19. The maximum Gasteiger partial charge on any atom is 0.241 e. The summed E-state index contributed by atoms with van der Waals surface area (Å²) in [5, 5.41) is 5.89. The minimum absolute atomic E-state index is 0.0347. The van der Waals surface area contributed by atoms with Crippen molar-refractivity contribution in [2.24, 2.45) is 7.05 Å². The lowest BCUT2D eigenvalue weighted by Gasteiger charge is -2.24. The number of aryl methyl sites for hydroxylation is 3. The first-order valence-electron chi connectivity index (χ1n) is 9.46. The molecule has 1 aliphatic heterocycles. The summed E-state index contributed by atoms with van der Waals surface area (Å²) in [4.78, 5) is 23.9. The van der Waals surface area contributed by atoms with Crippen LogP contribution in [0.25, 0.3) is 11.0 Å². The van der Waals surface area contributed by atoms with E-state index in [-0.39, 0.29) is 11.7 Å². The van der Waals surface area contributed by atoms with Crippen LogP contribution in [0.15, 0.2) is 66.1 Å². The van der Waals surface area contributed by atoms with Crippen molar-refractivity contribution < 1.29 is 4.79 Å². The lowest BCUT2D eigenvalue weighted by molar-refractivity contribution is -0.115. The van der Waals surface area contributed by atoms with E-state index < -0.39 is 0 Å². The molecule has 4 aromatic rings. The highest BCUT2D eigenvalue weighted by molar-refractivity contribution is 8.00. The van der Waals surface area contributed by atoms with Gasteiger partial charge in [0, 0.05) is 7.05 Å². The molecule has 0 saturated heterocycles. The van der Waals surface area contributed by atoms with Gasteiger partial charge in [0.15, 0.2) is 5.65 Å². The number of amides is 1. The van der Waals surface area contributed by atoms with Gasteiger partial charge in [-0.05, 0) is 36.1 Å². The van der Waals surface area contributed by atoms with Crippen molar-refractivity contribution in [2.75, 3.05) is 10.7 Å². The normalized spacial score (nSPS) is 13.1. The van der Waals surface area contributed by atoms with E-state index in [1.807, 2.05) is 48.3 Å². The molecule has 0 atom stereocenters. The SMILES string of the molecule is Cn1ncc2c(SCC(=O)N3c4ccccc4CCc4ccccc43)ncnc21. The van der Waals surface area contributed by atoms with Gasteiger partial charge in [0.2, 0.25) is 5.91 Å². The number of benzene rings is 2. The second-order valence-electron chi connectivity index (χ2n) is 6.96. The molecular formula is C22H19N5OS. The molecule has 3 heterocycles. The Hall–Kier alpha value is -3.19. The Morgan fingerprint density at radius 1 is 1.00 bits per heavy atom. The molecule has 0 aliphatic carbocycles. The number of carbonyl (C=O) groups excluding carboxylic acids is 1. The molecule has 144 valence electrons. The summed E-state index contributed by atoms with van der Waals surface area (Å²) in [5.74, 6) is 0.316. The predicted octanol–water partition coefficient (Wildman–Crippen LogP) is 3.92. The van der Waals surface area contributed by atoms with Crippen LogP contribution in [0.5, 0.6) is 0 Å². The molecule has 1 amide bonds. The largest absolute Gasteiger partial charge is 0.280 e. The van der Waals surface area contributed by atoms with E-state index in [1.54, 1.807) is 10.9 Å². The quantitative estimate of drug-likeness (QED) is 0.385. The second kappa shape index (κ2) is 7.33. The molecule has 0 spiro atoms. The Kier molecular flexibility index (Phi) is 4.52.